The van der Waals surface area contributed by atoms with Crippen molar-refractivity contribution >= 4 is 34.2 Å². The summed E-state index contributed by atoms with van der Waals surface area (Å²) in [6.07, 6.45) is 2.91. The maximum atomic E-state index is 13.1. The average molecular weight is 488 g/mol. The van der Waals surface area contributed by atoms with Crippen LogP contribution in [0.15, 0.2) is 42.5 Å². The van der Waals surface area contributed by atoms with Gasteiger partial charge in [0, 0.05) is 24.4 Å². The van der Waals surface area contributed by atoms with Gasteiger partial charge in [-0.3, -0.25) is 0 Å². The van der Waals surface area contributed by atoms with Crippen molar-refractivity contribution in [2.75, 3.05) is 28.6 Å². The molecule has 0 saturated heterocycles. The predicted octanol–water partition coefficient (Wildman–Crippen LogP) is 6.37. The lowest BCUT2D eigenvalue weighted by Gasteiger charge is -2.31. The summed E-state index contributed by atoms with van der Waals surface area (Å²) in [7, 11) is 0. The quantitative estimate of drug-likeness (QED) is 0.326. The molecular formula is C28H37N7O. The number of amides is 2. The lowest BCUT2D eigenvalue weighted by atomic mass is 9.99. The zero-order valence-electron chi connectivity index (χ0n) is 21.9. The Hall–Kier alpha value is -3.68. The third-order valence-electron chi connectivity index (χ3n) is 6.25. The SMILES string of the molecule is Cc1ccc(NC(=O)Nc2cc(C3=C(c4nn[nH]n4)CCC3)ccc2N(CC(C)C)CC(C)C)cc1. The summed E-state index contributed by atoms with van der Waals surface area (Å²) < 4.78 is 0. The first-order valence-corrected chi connectivity index (χ1v) is 12.8. The third kappa shape index (κ3) is 6.30. The fourth-order valence-electron chi connectivity index (χ4n) is 4.77. The molecule has 8 heteroatoms. The number of carbonyl (C=O) groups is 1. The smallest absolute Gasteiger partial charge is 0.323 e. The monoisotopic (exact) mass is 487 g/mol. The number of aromatic amines is 1. The number of allylic oxidation sites excluding steroid dienone is 2. The minimum absolute atomic E-state index is 0.259. The second-order valence-electron chi connectivity index (χ2n) is 10.4. The van der Waals surface area contributed by atoms with Crippen LogP contribution >= 0.6 is 0 Å². The van der Waals surface area contributed by atoms with Crippen molar-refractivity contribution in [1.29, 1.82) is 0 Å². The molecule has 4 rings (SSSR count). The van der Waals surface area contributed by atoms with Gasteiger partial charge in [0.05, 0.1) is 11.4 Å². The number of nitrogens with zero attached hydrogens (tertiary/aromatic N) is 4. The standard InChI is InChI=1S/C28H37N7O/c1-18(2)16-35(17-19(3)4)26-14-11-21(23-7-6-8-24(23)27-31-33-34-32-27)15-25(26)30-28(36)29-22-12-9-20(5)10-13-22/h9-15,18-19H,6-8,16-17H2,1-5H3,(H2,29,30,36)(H,31,32,33,34). The predicted molar refractivity (Wildman–Crippen MR) is 147 cm³/mol. The van der Waals surface area contributed by atoms with Crippen LogP contribution in [0.4, 0.5) is 21.9 Å². The highest BCUT2D eigenvalue weighted by Gasteiger charge is 2.23. The van der Waals surface area contributed by atoms with Crippen molar-refractivity contribution in [3.8, 4) is 0 Å². The van der Waals surface area contributed by atoms with E-state index in [2.05, 4.69) is 82.1 Å². The maximum absolute atomic E-state index is 13.1. The summed E-state index contributed by atoms with van der Waals surface area (Å²) in [4.78, 5) is 15.5. The van der Waals surface area contributed by atoms with Crippen molar-refractivity contribution < 1.29 is 4.79 Å². The molecule has 1 heterocycles. The molecule has 36 heavy (non-hydrogen) atoms. The first kappa shape index (κ1) is 25.4. The van der Waals surface area contributed by atoms with E-state index in [0.29, 0.717) is 17.7 Å². The minimum atomic E-state index is -0.259. The Balaban J connectivity index is 1.70. The highest BCUT2D eigenvalue weighted by Crippen LogP contribution is 2.40. The van der Waals surface area contributed by atoms with E-state index >= 15 is 0 Å². The van der Waals surface area contributed by atoms with Crippen LogP contribution in [0.3, 0.4) is 0 Å². The van der Waals surface area contributed by atoms with Crippen molar-refractivity contribution in [2.45, 2.75) is 53.9 Å². The number of benzene rings is 2. The normalized spacial score (nSPS) is 13.5. The molecule has 1 aliphatic rings. The maximum Gasteiger partial charge on any atom is 0.323 e. The zero-order valence-corrected chi connectivity index (χ0v) is 21.9. The number of hydrogen-bond acceptors (Lipinski definition) is 5. The molecule has 8 nitrogen and oxygen atoms in total. The highest BCUT2D eigenvalue weighted by molar-refractivity contribution is 6.03. The van der Waals surface area contributed by atoms with E-state index in [-0.39, 0.29) is 6.03 Å². The number of aryl methyl sites for hydroxylation is 1. The van der Waals surface area contributed by atoms with Crippen molar-refractivity contribution in [3.63, 3.8) is 0 Å². The summed E-state index contributed by atoms with van der Waals surface area (Å²) in [5.41, 5.74) is 7.14. The molecule has 3 aromatic rings. The van der Waals surface area contributed by atoms with E-state index in [1.807, 2.05) is 31.2 Å². The number of urea groups is 1. The Morgan fingerprint density at radius 3 is 2.31 bits per heavy atom. The third-order valence-corrected chi connectivity index (χ3v) is 6.25. The van der Waals surface area contributed by atoms with Gasteiger partial charge in [-0.25, -0.2) is 4.79 Å². The largest absolute Gasteiger partial charge is 0.369 e. The molecule has 0 radical (unpaired) electrons. The van der Waals surface area contributed by atoms with Crippen molar-refractivity contribution in [2.24, 2.45) is 11.8 Å². The number of tetrazole rings is 1. The van der Waals surface area contributed by atoms with Gasteiger partial charge in [-0.2, -0.15) is 5.21 Å². The second-order valence-corrected chi connectivity index (χ2v) is 10.4. The second kappa shape index (κ2) is 11.4. The molecule has 0 saturated carbocycles. The number of carbonyl (C=O) groups excluding carboxylic acids is 1. The van der Waals surface area contributed by atoms with Gasteiger partial charge in [0.1, 0.15) is 0 Å². The molecule has 0 spiro atoms. The molecule has 2 amide bonds. The molecule has 0 fully saturated rings. The van der Waals surface area contributed by atoms with Crippen LogP contribution in [0, 0.1) is 18.8 Å². The Bertz CT molecular complexity index is 1190. The summed E-state index contributed by atoms with van der Waals surface area (Å²) >= 11 is 0. The van der Waals surface area contributed by atoms with Gasteiger partial charge in [-0.1, -0.05) is 51.5 Å². The fraction of sp³-hybridized carbons (Fsp3) is 0.429. The van der Waals surface area contributed by atoms with E-state index in [9.17, 15) is 4.79 Å². The van der Waals surface area contributed by atoms with Gasteiger partial charge in [-0.15, -0.1) is 10.2 Å². The van der Waals surface area contributed by atoms with Crippen LogP contribution in [-0.2, 0) is 0 Å². The van der Waals surface area contributed by atoms with E-state index < -0.39 is 0 Å². The first-order valence-electron chi connectivity index (χ1n) is 12.8. The number of aromatic nitrogens is 4. The number of rotatable bonds is 9. The van der Waals surface area contributed by atoms with Crippen molar-refractivity contribution in [1.82, 2.24) is 20.6 Å². The molecule has 0 atom stereocenters. The molecule has 1 aromatic heterocycles. The van der Waals surface area contributed by atoms with Crippen LogP contribution in [0.25, 0.3) is 11.1 Å². The highest BCUT2D eigenvalue weighted by atomic mass is 16.2. The average Bonchev–Trinajstić information content (AvgIpc) is 3.51. The number of anilines is 3. The van der Waals surface area contributed by atoms with Crippen LogP contribution in [0.2, 0.25) is 0 Å². The molecular weight excluding hydrogens is 450 g/mol. The lowest BCUT2D eigenvalue weighted by molar-refractivity contribution is 0.262. The Morgan fingerprint density at radius 1 is 0.972 bits per heavy atom. The topological polar surface area (TPSA) is 98.8 Å². The van der Waals surface area contributed by atoms with E-state index in [1.54, 1.807) is 0 Å². The summed E-state index contributed by atoms with van der Waals surface area (Å²) in [6.45, 7) is 12.7. The van der Waals surface area contributed by atoms with Crippen LogP contribution in [-0.4, -0.2) is 39.7 Å². The number of hydrogen-bond donors (Lipinski definition) is 3. The first-order chi connectivity index (χ1) is 17.3. The van der Waals surface area contributed by atoms with Gasteiger partial charge >= 0.3 is 6.03 Å². The van der Waals surface area contributed by atoms with Gasteiger partial charge in [-0.05, 0) is 78.6 Å². The Labute approximate surface area is 213 Å². The van der Waals surface area contributed by atoms with Crippen LogP contribution in [0.1, 0.15) is 63.9 Å². The fourth-order valence-corrected chi connectivity index (χ4v) is 4.77. The van der Waals surface area contributed by atoms with Crippen LogP contribution in [0.5, 0.6) is 0 Å². The summed E-state index contributed by atoms with van der Waals surface area (Å²) in [6, 6.07) is 13.9. The molecule has 2 aromatic carbocycles. The molecule has 0 aliphatic heterocycles. The van der Waals surface area contributed by atoms with E-state index in [0.717, 1.165) is 66.1 Å². The molecule has 3 N–H and O–H groups in total. The Morgan fingerprint density at radius 2 is 1.67 bits per heavy atom. The van der Waals surface area contributed by atoms with Gasteiger partial charge in [0.2, 0.25) is 5.82 Å². The van der Waals surface area contributed by atoms with E-state index in [1.165, 1.54) is 5.57 Å². The zero-order chi connectivity index (χ0) is 25.7. The minimum Gasteiger partial charge on any atom is -0.369 e. The van der Waals surface area contributed by atoms with Gasteiger partial charge in [0.15, 0.2) is 0 Å². The van der Waals surface area contributed by atoms with Gasteiger partial charge < -0.3 is 15.5 Å². The van der Waals surface area contributed by atoms with E-state index in [4.69, 9.17) is 0 Å². The Kier molecular flexibility index (Phi) is 8.03. The summed E-state index contributed by atoms with van der Waals surface area (Å²) in [5, 5.41) is 20.9. The summed E-state index contributed by atoms with van der Waals surface area (Å²) in [5.74, 6) is 1.62. The van der Waals surface area contributed by atoms with Crippen LogP contribution < -0.4 is 15.5 Å². The molecule has 1 aliphatic carbocycles. The lowest BCUT2D eigenvalue weighted by Crippen LogP contribution is -2.32. The molecule has 190 valence electrons. The number of H-pyrrole nitrogens is 1. The molecule has 0 unspecified atom stereocenters. The molecule has 0 bridgehead atoms. The number of nitrogens with one attached hydrogen (secondary N) is 3. The van der Waals surface area contributed by atoms with Crippen molar-refractivity contribution in [3.05, 3.63) is 59.4 Å². The van der Waals surface area contributed by atoms with Gasteiger partial charge in [0.25, 0.3) is 0 Å².